The molecule has 1 rings (SSSR count). The van der Waals surface area contributed by atoms with Crippen LogP contribution in [0.3, 0.4) is 0 Å². The normalized spacial score (nSPS) is 9.33. The van der Waals surface area contributed by atoms with Crippen LogP contribution in [0, 0.1) is 4.77 Å². The maximum Gasteiger partial charge on any atom is 0.316 e. The third-order valence-corrected chi connectivity index (χ3v) is 1.30. The monoisotopic (exact) mass is 186 g/mol. The lowest BCUT2D eigenvalue weighted by Crippen LogP contribution is -2.24. The van der Waals surface area contributed by atoms with Crippen molar-refractivity contribution < 1.29 is 4.79 Å². The summed E-state index contributed by atoms with van der Waals surface area (Å²) < 4.78 is 0.190. The van der Waals surface area contributed by atoms with Gasteiger partial charge in [-0.2, -0.15) is 0 Å². The largest absolute Gasteiger partial charge is 0.351 e. The maximum absolute atomic E-state index is 11.0. The first-order valence-corrected chi connectivity index (χ1v) is 3.39. The second-order valence-electron chi connectivity index (χ2n) is 1.97. The lowest BCUT2D eigenvalue weighted by molar-refractivity contribution is 0.259. The Labute approximate surface area is 71.8 Å². The van der Waals surface area contributed by atoms with E-state index >= 15 is 0 Å². The van der Waals surface area contributed by atoms with Crippen LogP contribution in [-0.2, 0) is 0 Å². The number of H-pyrrole nitrogens is 2. The van der Waals surface area contributed by atoms with Gasteiger partial charge in [-0.15, -0.1) is 0 Å². The van der Waals surface area contributed by atoms with Crippen molar-refractivity contribution in [3.63, 3.8) is 0 Å². The van der Waals surface area contributed by atoms with E-state index in [0.29, 0.717) is 0 Å². The average molecular weight is 186 g/mol. The Kier molecular flexibility index (Phi) is 2.24. The maximum atomic E-state index is 11.0. The van der Waals surface area contributed by atoms with E-state index in [1.807, 2.05) is 0 Å². The number of hydrogen-bond donors (Lipinski definition) is 4. The van der Waals surface area contributed by atoms with Crippen LogP contribution in [0.4, 0.5) is 10.5 Å². The fourth-order valence-corrected chi connectivity index (χ4v) is 0.787. The highest BCUT2D eigenvalue weighted by molar-refractivity contribution is 7.71. The van der Waals surface area contributed by atoms with Crippen LogP contribution < -0.4 is 16.6 Å². The summed E-state index contributed by atoms with van der Waals surface area (Å²) in [5.41, 5.74) is 4.34. The van der Waals surface area contributed by atoms with Crippen molar-refractivity contribution >= 4 is 23.9 Å². The van der Waals surface area contributed by atoms with E-state index in [-0.39, 0.29) is 10.5 Å². The van der Waals surface area contributed by atoms with Gasteiger partial charge in [-0.25, -0.2) is 4.79 Å². The Morgan fingerprint density at radius 3 is 2.83 bits per heavy atom. The number of carbonyl (C=O) groups excluding carboxylic acids is 1. The van der Waals surface area contributed by atoms with Gasteiger partial charge in [0.05, 0.1) is 0 Å². The molecule has 6 nitrogen and oxygen atoms in total. The molecule has 0 fully saturated rings. The van der Waals surface area contributed by atoms with Crippen LogP contribution in [0.1, 0.15) is 0 Å². The summed E-state index contributed by atoms with van der Waals surface area (Å²) in [5, 5.41) is 2.12. The van der Waals surface area contributed by atoms with Gasteiger partial charge in [-0.05, 0) is 12.2 Å². The van der Waals surface area contributed by atoms with Gasteiger partial charge in [0, 0.05) is 6.20 Å². The number of anilines is 1. The molecule has 0 unspecified atom stereocenters. The molecule has 64 valence electrons. The molecule has 1 heterocycles. The van der Waals surface area contributed by atoms with Gasteiger partial charge in [0.1, 0.15) is 5.69 Å². The summed E-state index contributed by atoms with van der Waals surface area (Å²) in [4.78, 5) is 26.1. The van der Waals surface area contributed by atoms with Crippen LogP contribution in [-0.4, -0.2) is 16.0 Å². The fraction of sp³-hybridized carbons (Fsp3) is 0. The summed E-state index contributed by atoms with van der Waals surface area (Å²) in [6, 6.07) is -0.800. The molecule has 0 aliphatic rings. The molecule has 0 bridgehead atoms. The highest BCUT2D eigenvalue weighted by atomic mass is 32.1. The number of urea groups is 1. The quantitative estimate of drug-likeness (QED) is 0.461. The van der Waals surface area contributed by atoms with Crippen molar-refractivity contribution in [3.05, 3.63) is 21.3 Å². The average Bonchev–Trinajstić information content (AvgIpc) is 1.94. The molecule has 12 heavy (non-hydrogen) atoms. The number of hydrogen-bond acceptors (Lipinski definition) is 3. The molecule has 0 aromatic carbocycles. The first-order chi connectivity index (χ1) is 5.59. The molecule has 5 N–H and O–H groups in total. The van der Waals surface area contributed by atoms with E-state index in [1.165, 1.54) is 6.20 Å². The highest BCUT2D eigenvalue weighted by Crippen LogP contribution is 1.92. The molecule has 7 heteroatoms. The summed E-state index contributed by atoms with van der Waals surface area (Å²) in [6.45, 7) is 0. The minimum absolute atomic E-state index is 0.0381. The highest BCUT2D eigenvalue weighted by Gasteiger charge is 1.99. The van der Waals surface area contributed by atoms with E-state index in [4.69, 9.17) is 5.73 Å². The Balaban J connectivity index is 3.10. The van der Waals surface area contributed by atoms with Crippen LogP contribution in [0.15, 0.2) is 11.0 Å². The zero-order valence-corrected chi connectivity index (χ0v) is 6.70. The van der Waals surface area contributed by atoms with Gasteiger partial charge in [0.25, 0.3) is 5.56 Å². The second kappa shape index (κ2) is 3.18. The van der Waals surface area contributed by atoms with Crippen molar-refractivity contribution in [2.75, 3.05) is 5.32 Å². The minimum Gasteiger partial charge on any atom is -0.351 e. The molecule has 2 amide bonds. The molecule has 0 saturated carbocycles. The van der Waals surface area contributed by atoms with Crippen molar-refractivity contribution in [1.29, 1.82) is 0 Å². The molecule has 0 spiro atoms. The molecule has 1 aromatic rings. The minimum atomic E-state index is -0.800. The lowest BCUT2D eigenvalue weighted by atomic mass is 10.5. The Morgan fingerprint density at radius 2 is 2.33 bits per heavy atom. The summed E-state index contributed by atoms with van der Waals surface area (Å²) in [6.07, 6.45) is 1.27. The number of primary amides is 1. The van der Waals surface area contributed by atoms with Crippen LogP contribution in [0.5, 0.6) is 0 Å². The number of nitrogens with two attached hydrogens (primary N) is 1. The van der Waals surface area contributed by atoms with E-state index in [2.05, 4.69) is 27.5 Å². The Bertz CT molecular complexity index is 406. The molecule has 0 aliphatic carbocycles. The molecule has 0 saturated heterocycles. The van der Waals surface area contributed by atoms with Crippen LogP contribution >= 0.6 is 12.2 Å². The van der Waals surface area contributed by atoms with Gasteiger partial charge in [-0.1, -0.05) is 0 Å². The third kappa shape index (κ3) is 1.92. The Hall–Kier alpha value is -1.63. The number of rotatable bonds is 1. The zero-order valence-electron chi connectivity index (χ0n) is 5.88. The molecular formula is C5H6N4O2S. The topological polar surface area (TPSA) is 104 Å². The predicted molar refractivity (Wildman–Crippen MR) is 45.5 cm³/mol. The van der Waals surface area contributed by atoms with Gasteiger partial charge >= 0.3 is 6.03 Å². The van der Waals surface area contributed by atoms with E-state index in [1.54, 1.807) is 0 Å². The van der Waals surface area contributed by atoms with Gasteiger partial charge < -0.3 is 16.0 Å². The summed E-state index contributed by atoms with van der Waals surface area (Å²) in [5.74, 6) is 0. The Morgan fingerprint density at radius 1 is 1.67 bits per heavy atom. The first kappa shape index (κ1) is 8.47. The predicted octanol–water partition coefficient (Wildman–Crippen LogP) is -0.0769. The van der Waals surface area contributed by atoms with Crippen molar-refractivity contribution in [2.24, 2.45) is 5.73 Å². The molecule has 0 radical (unpaired) electrons. The molecule has 1 aromatic heterocycles. The number of aromatic amines is 2. The molecular weight excluding hydrogens is 180 g/mol. The first-order valence-electron chi connectivity index (χ1n) is 2.98. The van der Waals surface area contributed by atoms with Crippen molar-refractivity contribution in [1.82, 2.24) is 9.97 Å². The second-order valence-corrected chi connectivity index (χ2v) is 2.38. The molecule has 0 atom stereocenters. The van der Waals surface area contributed by atoms with E-state index in [0.717, 1.165) is 0 Å². The number of carbonyl (C=O) groups is 1. The number of amides is 2. The third-order valence-electron chi connectivity index (χ3n) is 1.08. The van der Waals surface area contributed by atoms with Crippen molar-refractivity contribution in [3.8, 4) is 0 Å². The number of aromatic nitrogens is 2. The number of nitrogens with one attached hydrogen (secondary N) is 3. The smallest absolute Gasteiger partial charge is 0.316 e. The zero-order chi connectivity index (χ0) is 9.14. The SMILES string of the molecule is NC(=O)Nc1c[nH]c(=S)[nH]c1=O. The van der Waals surface area contributed by atoms with Gasteiger partial charge in [-0.3, -0.25) is 9.78 Å². The standard InChI is InChI=1S/C5H6N4O2S/c6-4(11)8-2-1-7-5(12)9-3(2)10/h1H,(H3,6,8,11)(H2,7,9,10,12). The van der Waals surface area contributed by atoms with Crippen LogP contribution in [0.25, 0.3) is 0 Å². The van der Waals surface area contributed by atoms with E-state index in [9.17, 15) is 9.59 Å². The van der Waals surface area contributed by atoms with Gasteiger partial charge in [0.2, 0.25) is 0 Å². The summed E-state index contributed by atoms with van der Waals surface area (Å²) >= 11 is 4.62. The summed E-state index contributed by atoms with van der Waals surface area (Å²) in [7, 11) is 0. The fourth-order valence-electron chi connectivity index (χ4n) is 0.635. The van der Waals surface area contributed by atoms with Crippen LogP contribution in [0.2, 0.25) is 0 Å². The van der Waals surface area contributed by atoms with Crippen molar-refractivity contribution in [2.45, 2.75) is 0 Å². The molecule has 0 aliphatic heterocycles. The van der Waals surface area contributed by atoms with Gasteiger partial charge in [0.15, 0.2) is 4.77 Å². The lowest BCUT2D eigenvalue weighted by Gasteiger charge is -1.97. The van der Waals surface area contributed by atoms with E-state index < -0.39 is 11.6 Å².